The molecule has 2 aliphatic carbocycles. The lowest BCUT2D eigenvalue weighted by Gasteiger charge is -2.40. The van der Waals surface area contributed by atoms with Crippen LogP contribution in [0.5, 0.6) is 0 Å². The summed E-state index contributed by atoms with van der Waals surface area (Å²) >= 11 is 0. The molecule has 0 saturated heterocycles. The predicted octanol–water partition coefficient (Wildman–Crippen LogP) is 10.7. The van der Waals surface area contributed by atoms with Gasteiger partial charge < -0.3 is 0 Å². The fourth-order valence-corrected chi connectivity index (χ4v) is 5.56. The van der Waals surface area contributed by atoms with E-state index in [9.17, 15) is 0 Å². The molecular weight excluding hydrogens is 432 g/mol. The second-order valence-electron chi connectivity index (χ2n) is 8.34. The summed E-state index contributed by atoms with van der Waals surface area (Å²) in [7, 11) is 0. The van der Waals surface area contributed by atoms with Crippen molar-refractivity contribution in [3.05, 3.63) is 129 Å². The van der Waals surface area contributed by atoms with Gasteiger partial charge in [-0.3, -0.25) is 0 Å². The first-order valence-electron chi connectivity index (χ1n) is 14.1. The van der Waals surface area contributed by atoms with Gasteiger partial charge in [0.25, 0.3) is 0 Å². The number of hydrogen-bond donors (Lipinski definition) is 0. The summed E-state index contributed by atoms with van der Waals surface area (Å²) in [4.78, 5) is 0. The van der Waals surface area contributed by atoms with Gasteiger partial charge in [-0.15, -0.1) is 0 Å². The highest BCUT2D eigenvalue weighted by molar-refractivity contribution is 5.88. The molecule has 0 fully saturated rings. The summed E-state index contributed by atoms with van der Waals surface area (Å²) < 4.78 is 0. The lowest BCUT2D eigenvalue weighted by molar-refractivity contribution is 0.720. The Labute approximate surface area is 221 Å². The van der Waals surface area contributed by atoms with E-state index >= 15 is 0 Å². The molecule has 0 unspecified atom stereocenters. The van der Waals surface area contributed by atoms with Crippen molar-refractivity contribution in [3.63, 3.8) is 0 Å². The summed E-state index contributed by atoms with van der Waals surface area (Å²) in [5.74, 6) is 0. The van der Waals surface area contributed by atoms with Gasteiger partial charge >= 0.3 is 0 Å². The molecule has 0 heteroatoms. The van der Waals surface area contributed by atoms with E-state index in [1.165, 1.54) is 55.6 Å². The van der Waals surface area contributed by atoms with Gasteiger partial charge in [-0.2, -0.15) is 0 Å². The molecule has 4 aromatic carbocycles. The van der Waals surface area contributed by atoms with Gasteiger partial charge in [0.15, 0.2) is 0 Å². The molecule has 0 amide bonds. The molecule has 36 heavy (non-hydrogen) atoms. The van der Waals surface area contributed by atoms with Crippen LogP contribution >= 0.6 is 0 Å². The molecular formula is C36H46. The molecule has 4 aromatic rings. The van der Waals surface area contributed by atoms with Crippen molar-refractivity contribution in [2.75, 3.05) is 0 Å². The smallest absolute Gasteiger partial charge is 0.0683 e. The first-order chi connectivity index (χ1) is 17.7. The van der Waals surface area contributed by atoms with Gasteiger partial charge in [0.2, 0.25) is 0 Å². The largest absolute Gasteiger partial charge is 0.0719 e. The quantitative estimate of drug-likeness (QED) is 0.204. The Hall–Kier alpha value is -3.12. The van der Waals surface area contributed by atoms with Crippen molar-refractivity contribution in [1.82, 2.24) is 0 Å². The van der Waals surface area contributed by atoms with E-state index in [1.807, 2.05) is 55.4 Å². The topological polar surface area (TPSA) is 0 Å². The third-order valence-electron chi connectivity index (χ3n) is 6.67. The maximum Gasteiger partial charge on any atom is 0.0719 e. The molecule has 6 rings (SSSR count). The summed E-state index contributed by atoms with van der Waals surface area (Å²) in [6.45, 7) is 20.4. The summed E-state index contributed by atoms with van der Waals surface area (Å²) in [6, 6.07) is 32.1. The maximum atomic E-state index is 2.42. The summed E-state index contributed by atoms with van der Waals surface area (Å²) in [5.41, 5.74) is 13.9. The third-order valence-corrected chi connectivity index (χ3v) is 6.67. The molecule has 0 aromatic heterocycles. The van der Waals surface area contributed by atoms with Gasteiger partial charge in [0.05, 0.1) is 5.41 Å². The van der Waals surface area contributed by atoms with Crippen LogP contribution in [0.1, 0.15) is 99.9 Å². The van der Waals surface area contributed by atoms with Crippen LogP contribution in [0.15, 0.2) is 84.9 Å². The number of rotatable bonds is 0. The highest BCUT2D eigenvalue weighted by Gasteiger charge is 2.49. The molecule has 0 N–H and O–H groups in total. The van der Waals surface area contributed by atoms with Crippen molar-refractivity contribution >= 4 is 0 Å². The summed E-state index contributed by atoms with van der Waals surface area (Å²) in [6.07, 6.45) is 1.01. The van der Waals surface area contributed by atoms with E-state index in [4.69, 9.17) is 0 Å². The molecule has 1 spiro atoms. The van der Waals surface area contributed by atoms with E-state index in [1.54, 1.807) is 0 Å². The Morgan fingerprint density at radius 1 is 0.444 bits per heavy atom. The molecule has 0 heterocycles. The first kappa shape index (κ1) is 29.1. The minimum Gasteiger partial charge on any atom is -0.0683 e. The van der Waals surface area contributed by atoms with Gasteiger partial charge in [0.1, 0.15) is 0 Å². The minimum absolute atomic E-state index is 0.214. The zero-order chi connectivity index (χ0) is 26.9. The average Bonchev–Trinajstić information content (AvgIpc) is 3.22. The highest BCUT2D eigenvalue weighted by Crippen LogP contribution is 2.59. The third kappa shape index (κ3) is 4.66. The van der Waals surface area contributed by atoms with Crippen LogP contribution in [-0.2, 0) is 11.8 Å². The van der Waals surface area contributed by atoms with E-state index in [0.717, 1.165) is 6.42 Å². The minimum atomic E-state index is -0.214. The molecule has 0 saturated carbocycles. The second kappa shape index (κ2) is 13.3. The lowest BCUT2D eigenvalue weighted by Crippen LogP contribution is -2.34. The number of benzene rings is 4. The standard InChI is InChI=1S/C28H22.4C2H6/c1-18-11-13-22-23-14-12-19(2)16-27(23)28(26(22)15-18)24-9-5-3-7-20(24)17-21-8-4-6-10-25(21)28;4*1-2/h3-16H,17H2,1-2H3;4*1-2H3. The number of aryl methyl sites for hydroxylation is 2. The molecule has 0 bridgehead atoms. The second-order valence-corrected chi connectivity index (χ2v) is 8.34. The average molecular weight is 479 g/mol. The van der Waals surface area contributed by atoms with Crippen molar-refractivity contribution < 1.29 is 0 Å². The highest BCUT2D eigenvalue weighted by atomic mass is 14.5. The van der Waals surface area contributed by atoms with Gasteiger partial charge in [-0.05, 0) is 64.8 Å². The van der Waals surface area contributed by atoms with Crippen molar-refractivity contribution in [2.45, 2.75) is 81.1 Å². The molecule has 0 atom stereocenters. The van der Waals surface area contributed by atoms with Gasteiger partial charge in [-0.25, -0.2) is 0 Å². The van der Waals surface area contributed by atoms with Crippen molar-refractivity contribution in [3.8, 4) is 11.1 Å². The summed E-state index contributed by atoms with van der Waals surface area (Å²) in [5, 5.41) is 0. The van der Waals surface area contributed by atoms with E-state index in [2.05, 4.69) is 98.8 Å². The molecule has 0 radical (unpaired) electrons. The molecule has 0 nitrogen and oxygen atoms in total. The first-order valence-corrected chi connectivity index (χ1v) is 14.1. The van der Waals surface area contributed by atoms with E-state index in [0.29, 0.717) is 0 Å². The fraction of sp³-hybridized carbons (Fsp3) is 0.333. The number of fused-ring (bicyclic) bond motifs is 9. The van der Waals surface area contributed by atoms with Gasteiger partial charge in [-0.1, -0.05) is 151 Å². The molecule has 190 valence electrons. The van der Waals surface area contributed by atoms with Crippen LogP contribution in [0.2, 0.25) is 0 Å². The van der Waals surface area contributed by atoms with Crippen molar-refractivity contribution in [2.24, 2.45) is 0 Å². The Balaban J connectivity index is 0.000000523. The SMILES string of the molecule is CC.CC.CC.CC.Cc1ccc2c(c1)C1(c3ccccc3Cc3ccccc31)c1cc(C)ccc1-2. The van der Waals surface area contributed by atoms with Crippen LogP contribution in [0.25, 0.3) is 11.1 Å². The van der Waals surface area contributed by atoms with E-state index < -0.39 is 0 Å². The molecule has 2 aliphatic rings. The Bertz CT molecular complexity index is 1160. The molecule has 0 aliphatic heterocycles. The van der Waals surface area contributed by atoms with Crippen LogP contribution in [0, 0.1) is 13.8 Å². The zero-order valence-electron chi connectivity index (χ0n) is 24.3. The lowest BCUT2D eigenvalue weighted by atomic mass is 9.61. The van der Waals surface area contributed by atoms with Crippen LogP contribution < -0.4 is 0 Å². The Morgan fingerprint density at radius 3 is 1.19 bits per heavy atom. The van der Waals surface area contributed by atoms with E-state index in [-0.39, 0.29) is 5.41 Å². The van der Waals surface area contributed by atoms with Crippen LogP contribution in [-0.4, -0.2) is 0 Å². The zero-order valence-corrected chi connectivity index (χ0v) is 24.3. The predicted molar refractivity (Wildman–Crippen MR) is 161 cm³/mol. The Kier molecular flexibility index (Phi) is 10.7. The number of hydrogen-bond acceptors (Lipinski definition) is 0. The van der Waals surface area contributed by atoms with Crippen LogP contribution in [0.3, 0.4) is 0 Å². The van der Waals surface area contributed by atoms with Crippen LogP contribution in [0.4, 0.5) is 0 Å². The van der Waals surface area contributed by atoms with Gasteiger partial charge in [0, 0.05) is 0 Å². The van der Waals surface area contributed by atoms with Crippen molar-refractivity contribution in [1.29, 1.82) is 0 Å². The normalized spacial score (nSPS) is 12.3. The Morgan fingerprint density at radius 2 is 0.806 bits per heavy atom. The fourth-order valence-electron chi connectivity index (χ4n) is 5.56. The monoisotopic (exact) mass is 478 g/mol. The maximum absolute atomic E-state index is 2.42.